The maximum Gasteiger partial charge on any atom is 0.0477 e. The van der Waals surface area contributed by atoms with Crippen molar-refractivity contribution >= 4 is 11.8 Å². The van der Waals surface area contributed by atoms with Crippen molar-refractivity contribution in [1.29, 1.82) is 0 Å². The zero-order chi connectivity index (χ0) is 12.1. The molecule has 1 unspecified atom stereocenters. The van der Waals surface area contributed by atoms with Gasteiger partial charge in [-0.25, -0.2) is 0 Å². The quantitative estimate of drug-likeness (QED) is 0.637. The number of nitrogens with two attached hydrogens (primary N) is 1. The summed E-state index contributed by atoms with van der Waals surface area (Å²) in [5.41, 5.74) is 5.20. The van der Waals surface area contributed by atoms with Gasteiger partial charge in [-0.3, -0.25) is 16.3 Å². The van der Waals surface area contributed by atoms with Gasteiger partial charge in [0.1, 0.15) is 0 Å². The molecule has 3 N–H and O–H groups in total. The van der Waals surface area contributed by atoms with Crippen LogP contribution in [0.5, 0.6) is 0 Å². The molecule has 1 aromatic rings. The van der Waals surface area contributed by atoms with Gasteiger partial charge in [0, 0.05) is 17.9 Å². The maximum atomic E-state index is 5.68. The van der Waals surface area contributed by atoms with Crippen LogP contribution in [0.2, 0.25) is 0 Å². The molecular weight excluding hydrogens is 230 g/mol. The summed E-state index contributed by atoms with van der Waals surface area (Å²) in [5, 5.41) is 0. The minimum atomic E-state index is 0.246. The highest BCUT2D eigenvalue weighted by Gasteiger charge is 2.19. The summed E-state index contributed by atoms with van der Waals surface area (Å²) in [6.07, 6.45) is 5.71. The molecule has 3 nitrogen and oxygen atoms in total. The number of nitrogens with one attached hydrogen (secondary N) is 1. The normalized spacial score (nSPS) is 19.2. The van der Waals surface area contributed by atoms with Crippen LogP contribution in [0.4, 0.5) is 0 Å². The number of hydrogen-bond donors (Lipinski definition) is 2. The Morgan fingerprint density at radius 2 is 2.24 bits per heavy atom. The lowest BCUT2D eigenvalue weighted by Crippen LogP contribution is -2.30. The van der Waals surface area contributed by atoms with E-state index in [9.17, 15) is 0 Å². The first-order chi connectivity index (χ1) is 8.29. The van der Waals surface area contributed by atoms with Gasteiger partial charge >= 0.3 is 0 Å². The van der Waals surface area contributed by atoms with Crippen LogP contribution in [-0.2, 0) is 0 Å². The molecule has 4 heteroatoms. The lowest BCUT2D eigenvalue weighted by molar-refractivity contribution is 0.373. The molecule has 1 atom stereocenters. The van der Waals surface area contributed by atoms with Crippen LogP contribution in [0.15, 0.2) is 18.3 Å². The van der Waals surface area contributed by atoms with E-state index in [1.165, 1.54) is 29.9 Å². The predicted molar refractivity (Wildman–Crippen MR) is 73.7 cm³/mol. The van der Waals surface area contributed by atoms with E-state index in [2.05, 4.69) is 34.3 Å². The van der Waals surface area contributed by atoms with Crippen LogP contribution in [0.25, 0.3) is 0 Å². The summed E-state index contributed by atoms with van der Waals surface area (Å²) < 4.78 is 0. The minimum absolute atomic E-state index is 0.246. The molecule has 0 aromatic carbocycles. The first-order valence-electron chi connectivity index (χ1n) is 6.26. The Balaban J connectivity index is 1.97. The topological polar surface area (TPSA) is 50.9 Å². The van der Waals surface area contributed by atoms with E-state index in [1.807, 2.05) is 13.1 Å². The molecule has 2 heterocycles. The third-order valence-electron chi connectivity index (χ3n) is 3.45. The number of aryl methyl sites for hydroxylation is 1. The van der Waals surface area contributed by atoms with Crippen molar-refractivity contribution in [2.45, 2.75) is 32.2 Å². The molecule has 17 heavy (non-hydrogen) atoms. The lowest BCUT2D eigenvalue weighted by Gasteiger charge is -2.26. The van der Waals surface area contributed by atoms with Gasteiger partial charge in [0.25, 0.3) is 0 Å². The van der Waals surface area contributed by atoms with Gasteiger partial charge in [0.15, 0.2) is 0 Å². The fourth-order valence-corrected chi connectivity index (χ4v) is 3.51. The Morgan fingerprint density at radius 1 is 1.47 bits per heavy atom. The standard InChI is InChI=1S/C13H21N3S/c1-10-2-3-12(9-15-10)13(16-14)8-11-4-6-17-7-5-11/h2-3,9,11,13,16H,4-8,14H2,1H3. The van der Waals surface area contributed by atoms with Crippen LogP contribution in [0.1, 0.15) is 36.6 Å². The summed E-state index contributed by atoms with van der Waals surface area (Å²) in [6, 6.07) is 4.43. The second-order valence-electron chi connectivity index (χ2n) is 4.74. The van der Waals surface area contributed by atoms with E-state index in [0.29, 0.717) is 0 Å². The van der Waals surface area contributed by atoms with Crippen LogP contribution < -0.4 is 11.3 Å². The highest BCUT2D eigenvalue weighted by atomic mass is 32.2. The number of pyridine rings is 1. The van der Waals surface area contributed by atoms with Crippen molar-refractivity contribution < 1.29 is 0 Å². The number of aromatic nitrogens is 1. The van der Waals surface area contributed by atoms with Crippen molar-refractivity contribution in [3.63, 3.8) is 0 Å². The minimum Gasteiger partial charge on any atom is -0.271 e. The van der Waals surface area contributed by atoms with Crippen LogP contribution in [0.3, 0.4) is 0 Å². The summed E-state index contributed by atoms with van der Waals surface area (Å²) in [7, 11) is 0. The molecule has 0 aliphatic carbocycles. The number of nitrogens with zero attached hydrogens (tertiary/aromatic N) is 1. The van der Waals surface area contributed by atoms with Crippen LogP contribution in [0, 0.1) is 12.8 Å². The molecule has 1 fully saturated rings. The predicted octanol–water partition coefficient (Wildman–Crippen LogP) is 2.43. The van der Waals surface area contributed by atoms with Gasteiger partial charge in [0.2, 0.25) is 0 Å². The SMILES string of the molecule is Cc1ccc(C(CC2CCSCC2)NN)cn1. The van der Waals surface area contributed by atoms with Gasteiger partial charge in [-0.05, 0) is 55.2 Å². The van der Waals surface area contributed by atoms with Crippen molar-refractivity contribution in [3.8, 4) is 0 Å². The maximum absolute atomic E-state index is 5.68. The molecule has 94 valence electrons. The largest absolute Gasteiger partial charge is 0.271 e. The molecule has 1 aliphatic rings. The Hall–Kier alpha value is -0.580. The molecule has 0 bridgehead atoms. The van der Waals surface area contributed by atoms with Gasteiger partial charge in [0.05, 0.1) is 0 Å². The van der Waals surface area contributed by atoms with E-state index in [0.717, 1.165) is 18.0 Å². The Labute approximate surface area is 108 Å². The molecule has 1 aliphatic heterocycles. The van der Waals surface area contributed by atoms with Gasteiger partial charge in [-0.15, -0.1) is 0 Å². The second kappa shape index (κ2) is 6.38. The Morgan fingerprint density at radius 3 is 2.82 bits per heavy atom. The van der Waals surface area contributed by atoms with Crippen molar-refractivity contribution in [2.75, 3.05) is 11.5 Å². The molecule has 0 radical (unpaired) electrons. The smallest absolute Gasteiger partial charge is 0.0477 e. The molecule has 0 amide bonds. The fraction of sp³-hybridized carbons (Fsp3) is 0.615. The first-order valence-corrected chi connectivity index (χ1v) is 7.41. The summed E-state index contributed by atoms with van der Waals surface area (Å²) >= 11 is 2.07. The first kappa shape index (κ1) is 12.9. The van der Waals surface area contributed by atoms with E-state index in [1.54, 1.807) is 0 Å². The summed E-state index contributed by atoms with van der Waals surface area (Å²) in [6.45, 7) is 2.01. The van der Waals surface area contributed by atoms with E-state index < -0.39 is 0 Å². The van der Waals surface area contributed by atoms with E-state index in [-0.39, 0.29) is 6.04 Å². The number of hydrazine groups is 1. The molecule has 1 saturated heterocycles. The second-order valence-corrected chi connectivity index (χ2v) is 5.97. The molecule has 1 aromatic heterocycles. The van der Waals surface area contributed by atoms with E-state index in [4.69, 9.17) is 5.84 Å². The lowest BCUT2D eigenvalue weighted by atomic mass is 9.91. The number of hydrogen-bond acceptors (Lipinski definition) is 4. The highest BCUT2D eigenvalue weighted by Crippen LogP contribution is 2.30. The molecule has 0 saturated carbocycles. The summed E-state index contributed by atoms with van der Waals surface area (Å²) in [5.74, 6) is 9.08. The van der Waals surface area contributed by atoms with Crippen LogP contribution >= 0.6 is 11.8 Å². The van der Waals surface area contributed by atoms with Crippen molar-refractivity contribution in [1.82, 2.24) is 10.4 Å². The van der Waals surface area contributed by atoms with Gasteiger partial charge in [-0.2, -0.15) is 11.8 Å². The summed E-state index contributed by atoms with van der Waals surface area (Å²) in [4.78, 5) is 4.34. The van der Waals surface area contributed by atoms with Crippen LogP contribution in [-0.4, -0.2) is 16.5 Å². The Bertz CT molecular complexity index is 333. The third kappa shape index (κ3) is 3.69. The zero-order valence-electron chi connectivity index (χ0n) is 10.4. The monoisotopic (exact) mass is 251 g/mol. The highest BCUT2D eigenvalue weighted by molar-refractivity contribution is 7.99. The average Bonchev–Trinajstić information content (AvgIpc) is 2.38. The fourth-order valence-electron chi connectivity index (χ4n) is 2.30. The van der Waals surface area contributed by atoms with E-state index >= 15 is 0 Å². The molecule has 2 rings (SSSR count). The van der Waals surface area contributed by atoms with Crippen molar-refractivity contribution in [2.24, 2.45) is 11.8 Å². The van der Waals surface area contributed by atoms with Gasteiger partial charge in [-0.1, -0.05) is 6.07 Å². The number of rotatable bonds is 4. The molecule has 0 spiro atoms. The molecular formula is C13H21N3S. The van der Waals surface area contributed by atoms with Crippen molar-refractivity contribution in [3.05, 3.63) is 29.6 Å². The number of thioether (sulfide) groups is 1. The van der Waals surface area contributed by atoms with Gasteiger partial charge < -0.3 is 0 Å². The average molecular weight is 251 g/mol. The Kier molecular flexibility index (Phi) is 4.83. The zero-order valence-corrected chi connectivity index (χ0v) is 11.2. The third-order valence-corrected chi connectivity index (χ3v) is 4.50.